The van der Waals surface area contributed by atoms with Crippen molar-refractivity contribution in [2.24, 2.45) is 7.05 Å². The molecule has 1 N–H and O–H groups in total. The molecule has 32 heavy (non-hydrogen) atoms. The molecule has 0 radical (unpaired) electrons. The van der Waals surface area contributed by atoms with Crippen LogP contribution in [0.5, 0.6) is 0 Å². The van der Waals surface area contributed by atoms with Gasteiger partial charge in [0.2, 0.25) is 15.9 Å². The quantitative estimate of drug-likeness (QED) is 0.447. The van der Waals surface area contributed by atoms with Crippen molar-refractivity contribution in [2.75, 3.05) is 19.4 Å². The van der Waals surface area contributed by atoms with Gasteiger partial charge in [-0.1, -0.05) is 0 Å². The van der Waals surface area contributed by atoms with Crippen molar-refractivity contribution >= 4 is 32.7 Å². The van der Waals surface area contributed by atoms with Crippen molar-refractivity contribution in [3.63, 3.8) is 0 Å². The predicted octanol–water partition coefficient (Wildman–Crippen LogP) is 1.37. The highest BCUT2D eigenvalue weighted by atomic mass is 32.2. The van der Waals surface area contributed by atoms with Gasteiger partial charge >= 0.3 is 0 Å². The minimum absolute atomic E-state index is 0.178. The minimum atomic E-state index is -3.54. The van der Waals surface area contributed by atoms with Crippen molar-refractivity contribution in [1.29, 1.82) is 0 Å². The Balaban J connectivity index is 1.43. The van der Waals surface area contributed by atoms with E-state index in [2.05, 4.69) is 25.4 Å². The summed E-state index contributed by atoms with van der Waals surface area (Å²) >= 11 is 0. The van der Waals surface area contributed by atoms with Gasteiger partial charge in [0.1, 0.15) is 18.5 Å². The molecule has 1 amide bonds. The molecule has 0 aliphatic heterocycles. The minimum Gasteiger partial charge on any atom is -0.331 e. The first-order valence-corrected chi connectivity index (χ1v) is 11.2. The number of hydrogen-bond donors (Lipinski definition) is 1. The molecule has 0 saturated carbocycles. The van der Waals surface area contributed by atoms with Gasteiger partial charge in [-0.05, 0) is 30.3 Å². The van der Waals surface area contributed by atoms with Crippen LogP contribution in [0.25, 0.3) is 16.9 Å². The summed E-state index contributed by atoms with van der Waals surface area (Å²) in [6.45, 7) is 0. The van der Waals surface area contributed by atoms with E-state index in [-0.39, 0.29) is 17.2 Å². The molecule has 11 nitrogen and oxygen atoms in total. The van der Waals surface area contributed by atoms with Gasteiger partial charge in [0, 0.05) is 34.0 Å². The van der Waals surface area contributed by atoms with Crippen molar-refractivity contribution < 1.29 is 13.2 Å². The Kier molecular flexibility index (Phi) is 5.72. The van der Waals surface area contributed by atoms with Crippen molar-refractivity contribution in [1.82, 2.24) is 33.6 Å². The summed E-state index contributed by atoms with van der Waals surface area (Å²) in [4.78, 5) is 25.2. The molecule has 0 aliphatic rings. The second-order valence-corrected chi connectivity index (χ2v) is 9.47. The molecule has 0 spiro atoms. The molecule has 0 unspecified atom stereocenters. The smallest absolute Gasteiger partial charge is 0.242 e. The lowest BCUT2D eigenvalue weighted by Gasteiger charge is -2.10. The number of anilines is 1. The van der Waals surface area contributed by atoms with Crippen LogP contribution in [0.4, 0.5) is 5.69 Å². The number of fused-ring (bicyclic) bond motifs is 1. The molecular formula is C20H22N8O3S. The number of rotatable bonds is 7. The number of pyridine rings is 1. The standard InChI is InChI=1S/C20H22N8O3S/c1-26(2)32(30,31)15-5-6-17-16(10-15)25-19(27(17)3)8-9-20(29)24-14-4-7-18(22-11-14)28-13-21-12-23-28/h4-7,10-13H,8-9H2,1-3H3,(H,24,29). The zero-order valence-electron chi connectivity index (χ0n) is 17.8. The third-order valence-electron chi connectivity index (χ3n) is 4.98. The van der Waals surface area contributed by atoms with Gasteiger partial charge in [0.25, 0.3) is 0 Å². The third kappa shape index (κ3) is 4.22. The number of benzene rings is 1. The Labute approximate surface area is 184 Å². The van der Waals surface area contributed by atoms with Crippen LogP contribution in [0.2, 0.25) is 0 Å². The summed E-state index contributed by atoms with van der Waals surface area (Å²) in [6.07, 6.45) is 5.12. The van der Waals surface area contributed by atoms with Gasteiger partial charge in [-0.3, -0.25) is 4.79 Å². The average molecular weight is 455 g/mol. The highest BCUT2D eigenvalue weighted by Crippen LogP contribution is 2.22. The first kappa shape index (κ1) is 21.6. The van der Waals surface area contributed by atoms with Crippen LogP contribution in [0.3, 0.4) is 0 Å². The van der Waals surface area contributed by atoms with E-state index in [9.17, 15) is 13.2 Å². The molecule has 4 rings (SSSR count). The number of aryl methyl sites for hydroxylation is 2. The molecule has 1 aromatic carbocycles. The molecule has 3 aromatic heterocycles. The second kappa shape index (κ2) is 8.48. The lowest BCUT2D eigenvalue weighted by atomic mass is 10.2. The summed E-state index contributed by atoms with van der Waals surface area (Å²) < 4.78 is 29.3. The number of imidazole rings is 1. The van der Waals surface area contributed by atoms with Crippen LogP contribution < -0.4 is 5.32 Å². The van der Waals surface area contributed by atoms with E-state index in [1.165, 1.54) is 31.4 Å². The van der Waals surface area contributed by atoms with Crippen molar-refractivity contribution in [3.8, 4) is 5.82 Å². The SMILES string of the molecule is CN(C)S(=O)(=O)c1ccc2c(c1)nc(CCC(=O)Nc1ccc(-n3cncn3)nc1)n2C. The fourth-order valence-corrected chi connectivity index (χ4v) is 4.12. The normalized spacial score (nSPS) is 11.9. The number of nitrogens with zero attached hydrogens (tertiary/aromatic N) is 7. The molecule has 3 heterocycles. The molecule has 12 heteroatoms. The third-order valence-corrected chi connectivity index (χ3v) is 6.80. The van der Waals surface area contributed by atoms with Gasteiger partial charge in [0.15, 0.2) is 5.82 Å². The number of carbonyl (C=O) groups excluding carboxylic acids is 1. The molecule has 0 bridgehead atoms. The molecule has 0 fully saturated rings. The van der Waals surface area contributed by atoms with E-state index >= 15 is 0 Å². The predicted molar refractivity (Wildman–Crippen MR) is 118 cm³/mol. The first-order valence-electron chi connectivity index (χ1n) is 9.74. The van der Waals surface area contributed by atoms with Crippen LogP contribution in [-0.4, -0.2) is 62.0 Å². The van der Waals surface area contributed by atoms with Gasteiger partial charge in [0.05, 0.1) is 27.8 Å². The van der Waals surface area contributed by atoms with Crippen LogP contribution in [-0.2, 0) is 28.3 Å². The summed E-state index contributed by atoms with van der Waals surface area (Å²) in [7, 11) is 1.27. The molecule has 0 aliphatic carbocycles. The Morgan fingerprint density at radius 1 is 1.19 bits per heavy atom. The van der Waals surface area contributed by atoms with Crippen LogP contribution in [0.1, 0.15) is 12.2 Å². The maximum atomic E-state index is 12.4. The highest BCUT2D eigenvalue weighted by Gasteiger charge is 2.19. The summed E-state index contributed by atoms with van der Waals surface area (Å²) in [5.41, 5.74) is 1.94. The topological polar surface area (TPSA) is 128 Å². The number of aromatic nitrogens is 6. The monoisotopic (exact) mass is 454 g/mol. The molecular weight excluding hydrogens is 432 g/mol. The Morgan fingerprint density at radius 3 is 2.66 bits per heavy atom. The Morgan fingerprint density at radius 2 is 2.00 bits per heavy atom. The maximum Gasteiger partial charge on any atom is 0.242 e. The van der Waals surface area contributed by atoms with E-state index in [1.807, 2.05) is 11.6 Å². The summed E-state index contributed by atoms with van der Waals surface area (Å²) in [5.74, 6) is 1.10. The zero-order valence-corrected chi connectivity index (χ0v) is 18.6. The Hall–Kier alpha value is -3.64. The lowest BCUT2D eigenvalue weighted by molar-refractivity contribution is -0.116. The van der Waals surface area contributed by atoms with Gasteiger partial charge < -0.3 is 9.88 Å². The zero-order chi connectivity index (χ0) is 22.9. The number of hydrogen-bond acceptors (Lipinski definition) is 7. The highest BCUT2D eigenvalue weighted by molar-refractivity contribution is 7.89. The molecule has 0 atom stereocenters. The number of sulfonamides is 1. The van der Waals surface area contributed by atoms with Crippen LogP contribution >= 0.6 is 0 Å². The lowest BCUT2D eigenvalue weighted by Crippen LogP contribution is -2.22. The van der Waals surface area contributed by atoms with E-state index in [0.29, 0.717) is 29.3 Å². The first-order chi connectivity index (χ1) is 15.3. The van der Waals surface area contributed by atoms with E-state index in [0.717, 1.165) is 9.82 Å². The van der Waals surface area contributed by atoms with E-state index in [1.54, 1.807) is 36.5 Å². The summed E-state index contributed by atoms with van der Waals surface area (Å²) in [5, 5.41) is 6.82. The average Bonchev–Trinajstić information content (AvgIpc) is 3.41. The fourth-order valence-electron chi connectivity index (χ4n) is 3.20. The maximum absolute atomic E-state index is 12.4. The van der Waals surface area contributed by atoms with Gasteiger partial charge in [-0.15, -0.1) is 0 Å². The molecule has 4 aromatic rings. The number of carbonyl (C=O) groups is 1. The van der Waals surface area contributed by atoms with Crippen LogP contribution in [0, 0.1) is 0 Å². The van der Waals surface area contributed by atoms with Crippen LogP contribution in [0.15, 0.2) is 54.1 Å². The van der Waals surface area contributed by atoms with Crippen molar-refractivity contribution in [2.45, 2.75) is 17.7 Å². The van der Waals surface area contributed by atoms with E-state index < -0.39 is 10.0 Å². The fraction of sp³-hybridized carbons (Fsp3) is 0.250. The second-order valence-electron chi connectivity index (χ2n) is 7.32. The van der Waals surface area contributed by atoms with Gasteiger partial charge in [-0.2, -0.15) is 5.10 Å². The van der Waals surface area contributed by atoms with E-state index in [4.69, 9.17) is 0 Å². The molecule has 0 saturated heterocycles. The largest absolute Gasteiger partial charge is 0.331 e. The summed E-state index contributed by atoms with van der Waals surface area (Å²) in [6, 6.07) is 8.31. The Bertz CT molecular complexity index is 1360. The van der Waals surface area contributed by atoms with Gasteiger partial charge in [-0.25, -0.2) is 32.4 Å². The van der Waals surface area contributed by atoms with Crippen molar-refractivity contribution in [3.05, 3.63) is 55.0 Å². The molecule has 166 valence electrons. The number of amides is 1. The number of nitrogens with one attached hydrogen (secondary N) is 1.